The molecule has 3 atom stereocenters. The highest BCUT2D eigenvalue weighted by Crippen LogP contribution is 2.38. The van der Waals surface area contributed by atoms with Crippen LogP contribution in [-0.2, 0) is 9.53 Å². The molecule has 10 heteroatoms. The molecule has 2 amide bonds. The number of benzene rings is 1. The fraction of sp³-hybridized carbons (Fsp3) is 0.360. The van der Waals surface area contributed by atoms with Crippen molar-refractivity contribution in [3.05, 3.63) is 58.4 Å². The third-order valence-electron chi connectivity index (χ3n) is 6.88. The molecule has 1 saturated heterocycles. The summed E-state index contributed by atoms with van der Waals surface area (Å²) in [6.45, 7) is 3.23. The highest BCUT2D eigenvalue weighted by Gasteiger charge is 2.34. The molecule has 0 bridgehead atoms. The van der Waals surface area contributed by atoms with Crippen molar-refractivity contribution in [2.75, 3.05) is 29.1 Å². The van der Waals surface area contributed by atoms with Crippen molar-refractivity contribution in [3.8, 4) is 0 Å². The van der Waals surface area contributed by atoms with Crippen LogP contribution in [0.2, 0.25) is 0 Å². The minimum atomic E-state index is -0.420. The molecule has 2 aromatic heterocycles. The molecule has 3 aliphatic heterocycles. The van der Waals surface area contributed by atoms with E-state index in [4.69, 9.17) is 4.74 Å². The van der Waals surface area contributed by atoms with Crippen LogP contribution < -0.4 is 21.1 Å². The molecule has 3 aliphatic rings. The average molecular weight is 492 g/mol. The molecule has 1 fully saturated rings. The van der Waals surface area contributed by atoms with Gasteiger partial charge >= 0.3 is 6.09 Å². The second kappa shape index (κ2) is 8.69. The van der Waals surface area contributed by atoms with E-state index in [1.165, 1.54) is 16.7 Å². The number of carbonyl (C=O) groups is 2. The van der Waals surface area contributed by atoms with E-state index in [2.05, 4.69) is 28.6 Å². The maximum Gasteiger partial charge on any atom is 0.415 e. The highest BCUT2D eigenvalue weighted by atomic mass is 32.2. The van der Waals surface area contributed by atoms with Gasteiger partial charge in [0.1, 0.15) is 17.7 Å². The van der Waals surface area contributed by atoms with Gasteiger partial charge in [-0.05, 0) is 55.5 Å². The number of para-hydroxylation sites is 1. The van der Waals surface area contributed by atoms with Gasteiger partial charge in [-0.25, -0.2) is 9.78 Å². The van der Waals surface area contributed by atoms with Gasteiger partial charge in [0.25, 0.3) is 5.56 Å². The molecule has 2 N–H and O–H groups in total. The summed E-state index contributed by atoms with van der Waals surface area (Å²) in [6.07, 6.45) is 0.886. The Labute approximate surface area is 205 Å². The molecule has 1 aromatic carbocycles. The number of hydrogen-bond acceptors (Lipinski definition) is 7. The maximum atomic E-state index is 12.5. The van der Waals surface area contributed by atoms with Crippen molar-refractivity contribution < 1.29 is 14.3 Å². The average Bonchev–Trinajstić information content (AvgIpc) is 3.36. The van der Waals surface area contributed by atoms with Crippen LogP contribution in [0, 0.1) is 0 Å². The monoisotopic (exact) mass is 491 g/mol. The zero-order chi connectivity index (χ0) is 24.1. The third-order valence-corrected chi connectivity index (χ3v) is 7.93. The number of ether oxygens (including phenoxy) is 1. The smallest absolute Gasteiger partial charge is 0.415 e. The molecule has 0 aliphatic carbocycles. The van der Waals surface area contributed by atoms with Gasteiger partial charge in [0.05, 0.1) is 34.8 Å². The number of nitrogens with one attached hydrogen (secondary N) is 2. The minimum Gasteiger partial charge on any atom is -0.444 e. The van der Waals surface area contributed by atoms with Gasteiger partial charge in [-0.3, -0.25) is 14.5 Å². The van der Waals surface area contributed by atoms with Crippen LogP contribution in [0.4, 0.5) is 16.4 Å². The Hall–Kier alpha value is -3.37. The van der Waals surface area contributed by atoms with E-state index >= 15 is 0 Å². The molecule has 9 nitrogen and oxygen atoms in total. The number of hydrogen-bond donors (Lipinski definition) is 2. The van der Waals surface area contributed by atoms with Gasteiger partial charge in [-0.2, -0.15) is 0 Å². The van der Waals surface area contributed by atoms with Crippen LogP contribution in [0.1, 0.15) is 37.4 Å². The van der Waals surface area contributed by atoms with Crippen molar-refractivity contribution in [1.29, 1.82) is 0 Å². The summed E-state index contributed by atoms with van der Waals surface area (Å²) in [5.41, 5.74) is 2.18. The lowest BCUT2D eigenvalue weighted by atomic mass is 10.0. The lowest BCUT2D eigenvalue weighted by Gasteiger charge is -2.20. The van der Waals surface area contributed by atoms with E-state index in [1.807, 2.05) is 28.8 Å². The first-order valence-electron chi connectivity index (χ1n) is 11.8. The molecule has 0 radical (unpaired) electrons. The first kappa shape index (κ1) is 22.1. The van der Waals surface area contributed by atoms with E-state index in [0.29, 0.717) is 30.4 Å². The van der Waals surface area contributed by atoms with E-state index in [9.17, 15) is 14.4 Å². The normalized spacial score (nSPS) is 22.9. The van der Waals surface area contributed by atoms with Crippen molar-refractivity contribution in [2.24, 2.45) is 0 Å². The molecule has 3 aromatic rings. The Balaban J connectivity index is 1.07. The van der Waals surface area contributed by atoms with Crippen molar-refractivity contribution in [1.82, 2.24) is 14.9 Å². The Morgan fingerprint density at radius 1 is 1.17 bits per heavy atom. The minimum absolute atomic E-state index is 0.0219. The summed E-state index contributed by atoms with van der Waals surface area (Å²) < 4.78 is 7.46. The van der Waals surface area contributed by atoms with Crippen molar-refractivity contribution in [2.45, 2.75) is 42.8 Å². The summed E-state index contributed by atoms with van der Waals surface area (Å²) in [5, 5.41) is 7.45. The Bertz CT molecular complexity index is 1410. The van der Waals surface area contributed by atoms with Gasteiger partial charge < -0.3 is 19.9 Å². The summed E-state index contributed by atoms with van der Waals surface area (Å²) in [5.74, 6) is 1.24. The van der Waals surface area contributed by atoms with Gasteiger partial charge in [-0.15, -0.1) is 11.8 Å². The number of thioether (sulfide) groups is 1. The van der Waals surface area contributed by atoms with E-state index in [-0.39, 0.29) is 29.7 Å². The summed E-state index contributed by atoms with van der Waals surface area (Å²) in [7, 11) is 0. The first-order chi connectivity index (χ1) is 17.0. The zero-order valence-corrected chi connectivity index (χ0v) is 20.0. The van der Waals surface area contributed by atoms with E-state index in [1.54, 1.807) is 12.1 Å². The van der Waals surface area contributed by atoms with Crippen LogP contribution in [-0.4, -0.2) is 46.5 Å². The summed E-state index contributed by atoms with van der Waals surface area (Å²) in [6, 6.07) is 13.4. The number of cyclic esters (lactones) is 1. The lowest BCUT2D eigenvalue weighted by molar-refractivity contribution is -0.113. The van der Waals surface area contributed by atoms with E-state index in [0.717, 1.165) is 34.3 Å². The second-order valence-electron chi connectivity index (χ2n) is 9.11. The van der Waals surface area contributed by atoms with Crippen LogP contribution in [0.15, 0.2) is 52.2 Å². The van der Waals surface area contributed by atoms with Crippen molar-refractivity contribution in [3.63, 3.8) is 0 Å². The first-order valence-corrected chi connectivity index (χ1v) is 12.8. The maximum absolute atomic E-state index is 12.5. The molecular formula is C25H25N5O4S. The number of anilines is 2. The molecule has 0 unspecified atom stereocenters. The van der Waals surface area contributed by atoms with Crippen LogP contribution in [0.25, 0.3) is 10.9 Å². The zero-order valence-electron chi connectivity index (χ0n) is 19.2. The molecule has 0 spiro atoms. The Morgan fingerprint density at radius 2 is 2.06 bits per heavy atom. The molecule has 6 rings (SSSR count). The molecule has 180 valence electrons. The quantitative estimate of drug-likeness (QED) is 0.509. The summed E-state index contributed by atoms with van der Waals surface area (Å²) in [4.78, 5) is 43.5. The molecule has 0 saturated carbocycles. The van der Waals surface area contributed by atoms with Crippen LogP contribution in [0.5, 0.6) is 0 Å². The third kappa shape index (κ3) is 3.86. The van der Waals surface area contributed by atoms with Gasteiger partial charge in [0.15, 0.2) is 0 Å². The molecular weight excluding hydrogens is 466 g/mol. The number of amides is 2. The Kier molecular flexibility index (Phi) is 5.49. The predicted molar refractivity (Wildman–Crippen MR) is 134 cm³/mol. The number of rotatable bonds is 6. The topological polar surface area (TPSA) is 106 Å². The van der Waals surface area contributed by atoms with E-state index < -0.39 is 6.09 Å². The highest BCUT2D eigenvalue weighted by molar-refractivity contribution is 8.00. The number of carbonyl (C=O) groups excluding carboxylic acids is 2. The lowest BCUT2D eigenvalue weighted by Crippen LogP contribution is -2.29. The van der Waals surface area contributed by atoms with Crippen molar-refractivity contribution >= 4 is 46.3 Å². The van der Waals surface area contributed by atoms with Gasteiger partial charge in [-0.1, -0.05) is 18.2 Å². The number of pyridine rings is 2. The fourth-order valence-corrected chi connectivity index (χ4v) is 6.00. The van der Waals surface area contributed by atoms with Crippen LogP contribution >= 0.6 is 11.8 Å². The molecule has 5 heterocycles. The summed E-state index contributed by atoms with van der Waals surface area (Å²) >= 11 is 1.43. The van der Waals surface area contributed by atoms with Gasteiger partial charge in [0.2, 0.25) is 5.91 Å². The SMILES string of the molecule is C[C@H]1[C@@H](NCCC[C@@H]2CN(c3ccc4c(n3)NC(=O)CS4)C(=O)O2)c2cccc3ccc(=O)n1c23. The number of nitrogens with zero attached hydrogens (tertiary/aromatic N) is 3. The number of aromatic nitrogens is 2. The second-order valence-corrected chi connectivity index (χ2v) is 10.1. The van der Waals surface area contributed by atoms with Crippen LogP contribution in [0.3, 0.4) is 0 Å². The number of fused-ring (bicyclic) bond motifs is 1. The fourth-order valence-electron chi connectivity index (χ4n) is 5.24. The molecule has 35 heavy (non-hydrogen) atoms. The predicted octanol–water partition coefficient (Wildman–Crippen LogP) is 3.45. The standard InChI is InChI=1S/C25H25N5O4S/c1-14-22(17-6-2-4-15-7-10-21(32)30(14)23(15)17)26-11-3-5-16-12-29(25(33)34-16)19-9-8-18-24(27-19)28-20(31)13-35-18/h2,4,6-10,14,16,22,26H,3,5,11-13H2,1H3,(H,27,28,31)/t14-,16+,22+/m0/s1. The Morgan fingerprint density at radius 3 is 2.94 bits per heavy atom. The van der Waals surface area contributed by atoms with Gasteiger partial charge in [0, 0.05) is 6.07 Å². The largest absolute Gasteiger partial charge is 0.444 e.